The third-order valence-corrected chi connectivity index (χ3v) is 4.71. The molecular weight excluding hydrogens is 202 g/mol. The van der Waals surface area contributed by atoms with Gasteiger partial charge >= 0.3 is 0 Å². The molecule has 0 radical (unpaired) electrons. The van der Waals surface area contributed by atoms with Gasteiger partial charge in [-0.25, -0.2) is 0 Å². The Labute approximate surface area is 97.8 Å². The van der Waals surface area contributed by atoms with Gasteiger partial charge in [0.05, 0.1) is 5.60 Å². The number of carbonyl (C=O) groups excluding carboxylic acids is 1. The fourth-order valence-electron chi connectivity index (χ4n) is 3.30. The number of carbonyl (C=O) groups is 1. The fourth-order valence-corrected chi connectivity index (χ4v) is 3.30. The van der Waals surface area contributed by atoms with Crippen LogP contribution in [-0.4, -0.2) is 34.6 Å². The van der Waals surface area contributed by atoms with Crippen molar-refractivity contribution in [3.05, 3.63) is 0 Å². The molecule has 0 unspecified atom stereocenters. The van der Waals surface area contributed by atoms with E-state index in [1.54, 1.807) is 6.92 Å². The average molecular weight is 225 g/mol. The van der Waals surface area contributed by atoms with Crippen molar-refractivity contribution in [2.45, 2.75) is 52.1 Å². The van der Waals surface area contributed by atoms with Crippen molar-refractivity contribution in [3.8, 4) is 0 Å². The predicted molar refractivity (Wildman–Crippen MR) is 62.9 cm³/mol. The van der Waals surface area contributed by atoms with Crippen LogP contribution in [0.5, 0.6) is 0 Å². The molecule has 2 rings (SSSR count). The van der Waals surface area contributed by atoms with E-state index in [9.17, 15) is 9.90 Å². The molecule has 3 nitrogen and oxygen atoms in total. The molecule has 0 atom stereocenters. The molecule has 1 heterocycles. The summed E-state index contributed by atoms with van der Waals surface area (Å²) in [6.45, 7) is 7.59. The van der Waals surface area contributed by atoms with Gasteiger partial charge in [-0.15, -0.1) is 0 Å². The van der Waals surface area contributed by atoms with Gasteiger partial charge in [-0.2, -0.15) is 0 Å². The van der Waals surface area contributed by atoms with Gasteiger partial charge in [0.25, 0.3) is 0 Å². The summed E-state index contributed by atoms with van der Waals surface area (Å²) in [6, 6.07) is 0. The standard InChI is InChI=1S/C13H23NO2/c1-10(2)13(16)8-12(9-13)4-6-14(7-5-12)11(3)15/h10,16H,4-9H2,1-3H3. The Kier molecular flexibility index (Phi) is 2.77. The zero-order chi connectivity index (χ0) is 12.0. The molecular formula is C13H23NO2. The average Bonchev–Trinajstić information content (AvgIpc) is 2.16. The van der Waals surface area contributed by atoms with E-state index in [0.29, 0.717) is 11.3 Å². The highest BCUT2D eigenvalue weighted by Gasteiger charge is 2.55. The molecule has 1 spiro atoms. The summed E-state index contributed by atoms with van der Waals surface area (Å²) in [5, 5.41) is 10.3. The van der Waals surface area contributed by atoms with Crippen LogP contribution < -0.4 is 0 Å². The molecule has 0 bridgehead atoms. The van der Waals surface area contributed by atoms with Crippen LogP contribution >= 0.6 is 0 Å². The first-order valence-corrected chi connectivity index (χ1v) is 6.35. The molecule has 2 aliphatic rings. The second-order valence-corrected chi connectivity index (χ2v) is 6.12. The quantitative estimate of drug-likeness (QED) is 0.739. The lowest BCUT2D eigenvalue weighted by Crippen LogP contribution is -2.58. The van der Waals surface area contributed by atoms with Crippen LogP contribution in [-0.2, 0) is 4.79 Å². The molecule has 92 valence electrons. The summed E-state index contributed by atoms with van der Waals surface area (Å²) >= 11 is 0. The SMILES string of the molecule is CC(=O)N1CCC2(CC1)CC(O)(C(C)C)C2. The lowest BCUT2D eigenvalue weighted by Gasteiger charge is -2.58. The molecule has 1 aliphatic heterocycles. The van der Waals surface area contributed by atoms with Crippen molar-refractivity contribution >= 4 is 5.91 Å². The Hall–Kier alpha value is -0.570. The van der Waals surface area contributed by atoms with E-state index in [1.165, 1.54) is 0 Å². The minimum atomic E-state index is -0.432. The van der Waals surface area contributed by atoms with E-state index in [-0.39, 0.29) is 5.91 Å². The van der Waals surface area contributed by atoms with Crippen LogP contribution in [0.25, 0.3) is 0 Å². The van der Waals surface area contributed by atoms with Crippen LogP contribution in [0.4, 0.5) is 0 Å². The molecule has 0 aromatic heterocycles. The first-order valence-electron chi connectivity index (χ1n) is 6.35. The number of aliphatic hydroxyl groups is 1. The number of hydrogen-bond donors (Lipinski definition) is 1. The van der Waals surface area contributed by atoms with Gasteiger partial charge in [-0.1, -0.05) is 13.8 Å². The molecule has 1 saturated carbocycles. The van der Waals surface area contributed by atoms with Gasteiger partial charge in [0.1, 0.15) is 0 Å². The Morgan fingerprint density at radius 3 is 2.12 bits per heavy atom. The van der Waals surface area contributed by atoms with E-state index >= 15 is 0 Å². The summed E-state index contributed by atoms with van der Waals surface area (Å²) in [6.07, 6.45) is 4.01. The number of hydrogen-bond acceptors (Lipinski definition) is 2. The zero-order valence-electron chi connectivity index (χ0n) is 10.6. The largest absolute Gasteiger partial charge is 0.390 e. The Morgan fingerprint density at radius 2 is 1.75 bits per heavy atom. The molecule has 1 aliphatic carbocycles. The van der Waals surface area contributed by atoms with Crippen molar-refractivity contribution in [2.75, 3.05) is 13.1 Å². The van der Waals surface area contributed by atoms with Gasteiger partial charge in [-0.3, -0.25) is 4.79 Å². The Balaban J connectivity index is 1.90. The molecule has 1 N–H and O–H groups in total. The third-order valence-electron chi connectivity index (χ3n) is 4.71. The predicted octanol–water partition coefficient (Wildman–Crippen LogP) is 1.80. The molecule has 16 heavy (non-hydrogen) atoms. The van der Waals surface area contributed by atoms with Gasteiger partial charge in [0, 0.05) is 20.0 Å². The van der Waals surface area contributed by atoms with Gasteiger partial charge < -0.3 is 10.0 Å². The van der Waals surface area contributed by atoms with Crippen LogP contribution in [0.1, 0.15) is 46.5 Å². The zero-order valence-corrected chi connectivity index (χ0v) is 10.6. The topological polar surface area (TPSA) is 40.5 Å². The lowest BCUT2D eigenvalue weighted by molar-refractivity contribution is -0.175. The summed E-state index contributed by atoms with van der Waals surface area (Å²) in [4.78, 5) is 13.2. The maximum Gasteiger partial charge on any atom is 0.219 e. The van der Waals surface area contributed by atoms with Crippen LogP contribution in [0, 0.1) is 11.3 Å². The Bertz CT molecular complexity index is 282. The van der Waals surface area contributed by atoms with Crippen LogP contribution in [0.3, 0.4) is 0 Å². The summed E-state index contributed by atoms with van der Waals surface area (Å²) in [7, 11) is 0. The number of nitrogens with zero attached hydrogens (tertiary/aromatic N) is 1. The van der Waals surface area contributed by atoms with E-state index in [0.717, 1.165) is 38.8 Å². The smallest absolute Gasteiger partial charge is 0.219 e. The van der Waals surface area contributed by atoms with Crippen LogP contribution in [0.2, 0.25) is 0 Å². The number of rotatable bonds is 1. The van der Waals surface area contributed by atoms with Crippen molar-refractivity contribution in [3.63, 3.8) is 0 Å². The van der Waals surface area contributed by atoms with Crippen molar-refractivity contribution in [1.29, 1.82) is 0 Å². The number of piperidine rings is 1. The maximum absolute atomic E-state index is 11.2. The first kappa shape index (κ1) is 11.9. The second kappa shape index (κ2) is 3.73. The van der Waals surface area contributed by atoms with E-state index in [2.05, 4.69) is 13.8 Å². The van der Waals surface area contributed by atoms with Crippen molar-refractivity contribution in [2.24, 2.45) is 11.3 Å². The van der Waals surface area contributed by atoms with Crippen LogP contribution in [0.15, 0.2) is 0 Å². The normalized spacial score (nSPS) is 26.9. The maximum atomic E-state index is 11.2. The van der Waals surface area contributed by atoms with E-state index < -0.39 is 5.60 Å². The number of amides is 1. The molecule has 0 aromatic carbocycles. The van der Waals surface area contributed by atoms with Gasteiger partial charge in [0.2, 0.25) is 5.91 Å². The summed E-state index contributed by atoms with van der Waals surface area (Å²) in [5.41, 5.74) is -0.0939. The van der Waals surface area contributed by atoms with Gasteiger partial charge in [-0.05, 0) is 37.0 Å². The molecule has 2 fully saturated rings. The Morgan fingerprint density at radius 1 is 1.25 bits per heavy atom. The summed E-state index contributed by atoms with van der Waals surface area (Å²) < 4.78 is 0. The minimum absolute atomic E-state index is 0.188. The first-order chi connectivity index (χ1) is 7.37. The highest BCUT2D eigenvalue weighted by atomic mass is 16.3. The summed E-state index contributed by atoms with van der Waals surface area (Å²) in [5.74, 6) is 0.539. The third kappa shape index (κ3) is 1.86. The fraction of sp³-hybridized carbons (Fsp3) is 0.923. The van der Waals surface area contributed by atoms with Crippen molar-refractivity contribution < 1.29 is 9.90 Å². The van der Waals surface area contributed by atoms with E-state index in [4.69, 9.17) is 0 Å². The van der Waals surface area contributed by atoms with Gasteiger partial charge in [0.15, 0.2) is 0 Å². The second-order valence-electron chi connectivity index (χ2n) is 6.12. The van der Waals surface area contributed by atoms with Crippen molar-refractivity contribution in [1.82, 2.24) is 4.90 Å². The highest BCUT2D eigenvalue weighted by Crippen LogP contribution is 2.57. The molecule has 0 aromatic rings. The molecule has 3 heteroatoms. The minimum Gasteiger partial charge on any atom is -0.390 e. The monoisotopic (exact) mass is 225 g/mol. The lowest BCUT2D eigenvalue weighted by atomic mass is 9.52. The van der Waals surface area contributed by atoms with E-state index in [1.807, 2.05) is 4.90 Å². The molecule has 1 saturated heterocycles. The molecule has 1 amide bonds. The number of likely N-dealkylation sites (tertiary alicyclic amines) is 1. The highest BCUT2D eigenvalue weighted by molar-refractivity contribution is 5.73.